The van der Waals surface area contributed by atoms with E-state index in [0.29, 0.717) is 12.2 Å². The van der Waals surface area contributed by atoms with Crippen molar-refractivity contribution in [2.75, 3.05) is 0 Å². The highest BCUT2D eigenvalue weighted by Crippen LogP contribution is 2.27. The zero-order valence-corrected chi connectivity index (χ0v) is 9.85. The van der Waals surface area contributed by atoms with Crippen LogP contribution in [0, 0.1) is 17.8 Å². The highest BCUT2D eigenvalue weighted by Gasteiger charge is 2.14. The molecule has 1 saturated carbocycles. The molecule has 0 heterocycles. The Bertz CT molecular complexity index is 238. The summed E-state index contributed by atoms with van der Waals surface area (Å²) >= 11 is 0. The van der Waals surface area contributed by atoms with Crippen LogP contribution in [-0.4, -0.2) is 5.78 Å². The van der Waals surface area contributed by atoms with Crippen LogP contribution in [0.5, 0.6) is 0 Å². The van der Waals surface area contributed by atoms with Crippen LogP contribution in [0.2, 0.25) is 0 Å². The summed E-state index contributed by atoms with van der Waals surface area (Å²) in [4.78, 5) is 11.5. The van der Waals surface area contributed by atoms with Gasteiger partial charge in [0.15, 0.2) is 0 Å². The molecule has 0 aromatic rings. The summed E-state index contributed by atoms with van der Waals surface area (Å²) in [5.41, 5.74) is 0. The third-order valence-corrected chi connectivity index (χ3v) is 3.26. The number of rotatable bonds is 5. The van der Waals surface area contributed by atoms with Crippen LogP contribution in [-0.2, 0) is 4.79 Å². The van der Waals surface area contributed by atoms with Crippen LogP contribution >= 0.6 is 0 Å². The molecular weight excluding hydrogens is 184 g/mol. The van der Waals surface area contributed by atoms with Gasteiger partial charge in [0.25, 0.3) is 0 Å². The van der Waals surface area contributed by atoms with Crippen molar-refractivity contribution in [3.05, 3.63) is 0 Å². The third-order valence-electron chi connectivity index (χ3n) is 3.26. The lowest BCUT2D eigenvalue weighted by Gasteiger charge is -2.20. The minimum atomic E-state index is 0.406. The summed E-state index contributed by atoms with van der Waals surface area (Å²) in [5.74, 6) is 7.01. The summed E-state index contributed by atoms with van der Waals surface area (Å²) in [6.07, 6.45) is 10.2. The molecule has 0 radical (unpaired) electrons. The van der Waals surface area contributed by atoms with Crippen LogP contribution in [0.15, 0.2) is 0 Å². The van der Waals surface area contributed by atoms with Crippen molar-refractivity contribution in [3.63, 3.8) is 0 Å². The van der Waals surface area contributed by atoms with Crippen molar-refractivity contribution < 1.29 is 4.79 Å². The average Bonchev–Trinajstić information content (AvgIpc) is 2.28. The molecule has 0 aromatic carbocycles. The molecule has 0 aromatic heterocycles. The van der Waals surface area contributed by atoms with E-state index in [1.54, 1.807) is 0 Å². The molecule has 0 bridgehead atoms. The standard InChI is InChI=1S/C14H22O/c1-2-3-5-10-14(15)12-11-13-8-6-4-7-9-13/h13H,4-12H2,1H3. The molecule has 0 aliphatic heterocycles. The number of hydrogen-bond acceptors (Lipinski definition) is 1. The smallest absolute Gasteiger partial charge is 0.133 e. The Kier molecular flexibility index (Phi) is 6.16. The van der Waals surface area contributed by atoms with Gasteiger partial charge in [0, 0.05) is 19.3 Å². The van der Waals surface area contributed by atoms with Crippen molar-refractivity contribution >= 4 is 5.78 Å². The topological polar surface area (TPSA) is 17.1 Å². The number of ketones is 1. The summed E-state index contributed by atoms with van der Waals surface area (Å²) < 4.78 is 0. The molecule has 1 aliphatic rings. The van der Waals surface area contributed by atoms with Gasteiger partial charge in [0.05, 0.1) is 0 Å². The van der Waals surface area contributed by atoms with E-state index in [1.165, 1.54) is 32.1 Å². The molecule has 0 saturated heterocycles. The average molecular weight is 206 g/mol. The van der Waals surface area contributed by atoms with Gasteiger partial charge in [-0.25, -0.2) is 0 Å². The lowest BCUT2D eigenvalue weighted by atomic mass is 9.85. The Morgan fingerprint density at radius 2 is 1.93 bits per heavy atom. The van der Waals surface area contributed by atoms with Crippen molar-refractivity contribution in [3.8, 4) is 11.8 Å². The normalized spacial score (nSPS) is 16.9. The Labute approximate surface area is 93.6 Å². The van der Waals surface area contributed by atoms with E-state index in [0.717, 1.165) is 25.2 Å². The van der Waals surface area contributed by atoms with E-state index in [1.807, 2.05) is 6.92 Å². The molecule has 0 amide bonds. The first-order valence-corrected chi connectivity index (χ1v) is 6.24. The fourth-order valence-electron chi connectivity index (χ4n) is 2.29. The van der Waals surface area contributed by atoms with Gasteiger partial charge < -0.3 is 0 Å². The first-order valence-electron chi connectivity index (χ1n) is 6.24. The summed E-state index contributed by atoms with van der Waals surface area (Å²) in [6, 6.07) is 0. The molecule has 0 spiro atoms. The Morgan fingerprint density at radius 1 is 1.20 bits per heavy atom. The second-order valence-corrected chi connectivity index (χ2v) is 4.51. The molecule has 1 heteroatoms. The first kappa shape index (κ1) is 12.3. The monoisotopic (exact) mass is 206 g/mol. The number of carbonyl (C=O) groups excluding carboxylic acids is 1. The molecule has 1 aliphatic carbocycles. The Morgan fingerprint density at radius 3 is 2.60 bits per heavy atom. The summed E-state index contributed by atoms with van der Waals surface area (Å²) in [7, 11) is 0. The van der Waals surface area contributed by atoms with E-state index < -0.39 is 0 Å². The van der Waals surface area contributed by atoms with Gasteiger partial charge in [-0.15, -0.1) is 11.8 Å². The first-order chi connectivity index (χ1) is 7.33. The van der Waals surface area contributed by atoms with Crippen LogP contribution in [0.1, 0.15) is 64.7 Å². The van der Waals surface area contributed by atoms with Crippen LogP contribution < -0.4 is 0 Å². The van der Waals surface area contributed by atoms with E-state index in [-0.39, 0.29) is 0 Å². The van der Waals surface area contributed by atoms with Crippen LogP contribution in [0.25, 0.3) is 0 Å². The molecule has 1 nitrogen and oxygen atoms in total. The van der Waals surface area contributed by atoms with Crippen LogP contribution in [0.3, 0.4) is 0 Å². The van der Waals surface area contributed by atoms with Gasteiger partial charge >= 0.3 is 0 Å². The fraction of sp³-hybridized carbons (Fsp3) is 0.786. The lowest BCUT2D eigenvalue weighted by Crippen LogP contribution is -2.08. The fourth-order valence-corrected chi connectivity index (χ4v) is 2.29. The van der Waals surface area contributed by atoms with Gasteiger partial charge in [-0.2, -0.15) is 0 Å². The maximum Gasteiger partial charge on any atom is 0.133 e. The molecule has 0 unspecified atom stereocenters. The summed E-state index contributed by atoms with van der Waals surface area (Å²) in [6.45, 7) is 1.83. The molecule has 1 rings (SSSR count). The zero-order chi connectivity index (χ0) is 10.9. The molecule has 84 valence electrons. The summed E-state index contributed by atoms with van der Waals surface area (Å²) in [5, 5.41) is 0. The Hall–Kier alpha value is -0.770. The minimum Gasteiger partial charge on any atom is -0.300 e. The molecular formula is C14H22O. The van der Waals surface area contributed by atoms with E-state index in [2.05, 4.69) is 11.8 Å². The number of carbonyl (C=O) groups is 1. The van der Waals surface area contributed by atoms with E-state index in [9.17, 15) is 4.79 Å². The molecule has 1 fully saturated rings. The highest BCUT2D eigenvalue weighted by atomic mass is 16.1. The van der Waals surface area contributed by atoms with Gasteiger partial charge in [-0.3, -0.25) is 4.79 Å². The lowest BCUT2D eigenvalue weighted by molar-refractivity contribution is -0.119. The van der Waals surface area contributed by atoms with E-state index in [4.69, 9.17) is 0 Å². The number of hydrogen-bond donors (Lipinski definition) is 0. The third kappa shape index (κ3) is 5.62. The molecule has 0 atom stereocenters. The zero-order valence-electron chi connectivity index (χ0n) is 9.85. The highest BCUT2D eigenvalue weighted by molar-refractivity contribution is 5.78. The van der Waals surface area contributed by atoms with Crippen molar-refractivity contribution in [2.24, 2.45) is 5.92 Å². The molecule has 15 heavy (non-hydrogen) atoms. The quantitative estimate of drug-likeness (QED) is 0.626. The van der Waals surface area contributed by atoms with E-state index >= 15 is 0 Å². The predicted molar refractivity (Wildman–Crippen MR) is 63.5 cm³/mol. The SMILES string of the molecule is CC#CCCC(=O)CCC1CCCCC1. The minimum absolute atomic E-state index is 0.406. The maximum atomic E-state index is 11.5. The van der Waals surface area contributed by atoms with Crippen molar-refractivity contribution in [2.45, 2.75) is 64.7 Å². The van der Waals surface area contributed by atoms with Gasteiger partial charge in [0.1, 0.15) is 5.78 Å². The largest absolute Gasteiger partial charge is 0.300 e. The second kappa shape index (κ2) is 7.51. The second-order valence-electron chi connectivity index (χ2n) is 4.51. The van der Waals surface area contributed by atoms with Gasteiger partial charge in [-0.1, -0.05) is 32.1 Å². The maximum absolute atomic E-state index is 11.5. The van der Waals surface area contributed by atoms with Gasteiger partial charge in [0.2, 0.25) is 0 Å². The molecule has 0 N–H and O–H groups in total. The Balaban J connectivity index is 2.06. The van der Waals surface area contributed by atoms with Crippen molar-refractivity contribution in [1.29, 1.82) is 0 Å². The number of Topliss-reactive ketones (excluding diaryl/α,β-unsaturated/α-hetero) is 1. The van der Waals surface area contributed by atoms with Crippen LogP contribution in [0.4, 0.5) is 0 Å². The van der Waals surface area contributed by atoms with Gasteiger partial charge in [-0.05, 0) is 19.3 Å². The predicted octanol–water partition coefficient (Wildman–Crippen LogP) is 3.72. The van der Waals surface area contributed by atoms with Crippen molar-refractivity contribution in [1.82, 2.24) is 0 Å².